The first-order valence-electron chi connectivity index (χ1n) is 9.06. The molecule has 0 radical (unpaired) electrons. The Labute approximate surface area is 178 Å². The second-order valence-corrected chi connectivity index (χ2v) is 8.63. The van der Waals surface area contributed by atoms with Crippen LogP contribution in [0.3, 0.4) is 0 Å². The summed E-state index contributed by atoms with van der Waals surface area (Å²) in [5.74, 6) is -0.824. The zero-order chi connectivity index (χ0) is 21.0. The Bertz CT molecular complexity index is 892. The van der Waals surface area contributed by atoms with Crippen LogP contribution < -0.4 is 0 Å². The minimum Gasteiger partial charge on any atom is -0.468 e. The number of ketones is 2. The summed E-state index contributed by atoms with van der Waals surface area (Å²) >= 11 is 2.64. The van der Waals surface area contributed by atoms with Gasteiger partial charge in [-0.05, 0) is 24.0 Å². The van der Waals surface area contributed by atoms with E-state index in [2.05, 4.69) is 4.74 Å². The van der Waals surface area contributed by atoms with Crippen LogP contribution in [0.1, 0.15) is 10.4 Å². The number of benzene rings is 1. The van der Waals surface area contributed by atoms with E-state index in [1.54, 1.807) is 24.5 Å². The van der Waals surface area contributed by atoms with Crippen molar-refractivity contribution in [2.45, 2.75) is 4.90 Å². The number of rotatable bonds is 7. The largest absolute Gasteiger partial charge is 0.468 e. The van der Waals surface area contributed by atoms with Crippen molar-refractivity contribution >= 4 is 46.1 Å². The van der Waals surface area contributed by atoms with Crippen LogP contribution >= 0.6 is 23.5 Å². The summed E-state index contributed by atoms with van der Waals surface area (Å²) in [6, 6.07) is 7.13. The molecule has 0 saturated carbocycles. The van der Waals surface area contributed by atoms with E-state index in [9.17, 15) is 14.4 Å². The van der Waals surface area contributed by atoms with Crippen molar-refractivity contribution in [2.75, 3.05) is 32.2 Å². The summed E-state index contributed by atoms with van der Waals surface area (Å²) in [4.78, 5) is 39.3. The first-order valence-corrected chi connectivity index (χ1v) is 11.3. The number of ether oxygens (including phenoxy) is 1. The molecule has 2 atom stereocenters. The van der Waals surface area contributed by atoms with Crippen LogP contribution in [0.2, 0.25) is 0 Å². The van der Waals surface area contributed by atoms with Crippen LogP contribution in [0.4, 0.5) is 0 Å². The van der Waals surface area contributed by atoms with E-state index in [1.165, 1.54) is 30.6 Å². The average Bonchev–Trinajstić information content (AvgIpc) is 3.15. The molecule has 0 fully saturated rings. The Morgan fingerprint density at radius 1 is 1.28 bits per heavy atom. The van der Waals surface area contributed by atoms with Gasteiger partial charge in [0.1, 0.15) is 0 Å². The van der Waals surface area contributed by atoms with Gasteiger partial charge in [0.15, 0.2) is 11.6 Å². The summed E-state index contributed by atoms with van der Waals surface area (Å²) in [5.41, 5.74) is 1.49. The number of hydrogen-bond donors (Lipinski definition) is 1. The first-order chi connectivity index (χ1) is 13.9. The molecular formula is C21H22N2O4S2. The van der Waals surface area contributed by atoms with Gasteiger partial charge in [0.2, 0.25) is 0 Å². The first kappa shape index (κ1) is 21.4. The molecule has 0 amide bonds. The molecule has 1 heterocycles. The Balaban J connectivity index is 1.58. The van der Waals surface area contributed by atoms with Crippen molar-refractivity contribution in [3.63, 3.8) is 0 Å². The fourth-order valence-electron chi connectivity index (χ4n) is 3.29. The molecule has 0 spiro atoms. The minimum atomic E-state index is -0.474. The van der Waals surface area contributed by atoms with Crippen molar-refractivity contribution in [1.82, 2.24) is 4.90 Å². The maximum atomic E-state index is 12.7. The molecule has 152 valence electrons. The van der Waals surface area contributed by atoms with Gasteiger partial charge < -0.3 is 9.64 Å². The molecular weight excluding hydrogens is 408 g/mol. The predicted octanol–water partition coefficient (Wildman–Crippen LogP) is 3.05. The topological polar surface area (TPSA) is 87.5 Å². The molecule has 2 aliphatic rings. The quantitative estimate of drug-likeness (QED) is 0.234. The average molecular weight is 431 g/mol. The van der Waals surface area contributed by atoms with Gasteiger partial charge in [-0.2, -0.15) is 0 Å². The summed E-state index contributed by atoms with van der Waals surface area (Å²) in [6.45, 7) is 0.663. The number of carbonyl (C=O) groups is 3. The van der Waals surface area contributed by atoms with Gasteiger partial charge in [-0.3, -0.25) is 19.8 Å². The van der Waals surface area contributed by atoms with Crippen LogP contribution in [0.5, 0.6) is 0 Å². The highest BCUT2D eigenvalue weighted by Gasteiger charge is 2.37. The monoisotopic (exact) mass is 430 g/mol. The van der Waals surface area contributed by atoms with E-state index >= 15 is 0 Å². The molecule has 6 nitrogen and oxygen atoms in total. The third-order valence-electron chi connectivity index (χ3n) is 4.89. The number of hydrogen-bond acceptors (Lipinski definition) is 8. The molecule has 3 rings (SSSR count). The van der Waals surface area contributed by atoms with Crippen molar-refractivity contribution in [2.24, 2.45) is 11.8 Å². The number of fused-ring (bicyclic) bond motifs is 1. The maximum Gasteiger partial charge on any atom is 0.315 e. The second kappa shape index (κ2) is 9.45. The molecule has 8 heteroatoms. The molecule has 2 unspecified atom stereocenters. The van der Waals surface area contributed by atoms with Gasteiger partial charge >= 0.3 is 5.97 Å². The molecule has 29 heavy (non-hydrogen) atoms. The van der Waals surface area contributed by atoms with E-state index in [-0.39, 0.29) is 35.8 Å². The van der Waals surface area contributed by atoms with Crippen LogP contribution in [-0.2, 0) is 14.3 Å². The van der Waals surface area contributed by atoms with Crippen LogP contribution in [0.15, 0.2) is 53.1 Å². The fourth-order valence-corrected chi connectivity index (χ4v) is 4.47. The van der Waals surface area contributed by atoms with Crippen LogP contribution in [0.25, 0.3) is 0 Å². The SMILES string of the molecule is COC(=O)CSc1ccc(C(=O)CN2C=C3C=CC(C(=N)SC)C(=O)C3C2)cc1. The number of nitrogens with one attached hydrogen (secondary N) is 1. The third-order valence-corrected chi connectivity index (χ3v) is 6.57. The molecule has 0 saturated heterocycles. The summed E-state index contributed by atoms with van der Waals surface area (Å²) in [7, 11) is 1.35. The lowest BCUT2D eigenvalue weighted by Crippen LogP contribution is -2.34. The van der Waals surface area contributed by atoms with Gasteiger partial charge in [-0.1, -0.05) is 24.3 Å². The highest BCUT2D eigenvalue weighted by atomic mass is 32.2. The normalized spacial score (nSPS) is 20.3. The van der Waals surface area contributed by atoms with Crippen LogP contribution in [0, 0.1) is 17.2 Å². The number of methoxy groups -OCH3 is 1. The Kier molecular flexibility index (Phi) is 6.97. The van der Waals surface area contributed by atoms with Crippen molar-refractivity contribution in [3.05, 3.63) is 53.8 Å². The number of esters is 1. The van der Waals surface area contributed by atoms with Crippen molar-refractivity contribution < 1.29 is 19.1 Å². The Hall–Kier alpha value is -2.32. The second-order valence-electron chi connectivity index (χ2n) is 6.73. The lowest BCUT2D eigenvalue weighted by molar-refractivity contribution is -0.137. The summed E-state index contributed by atoms with van der Waals surface area (Å²) < 4.78 is 4.62. The number of nitrogens with zero attached hydrogens (tertiary/aromatic N) is 1. The Morgan fingerprint density at radius 3 is 2.66 bits per heavy atom. The lowest BCUT2D eigenvalue weighted by Gasteiger charge is -2.23. The zero-order valence-electron chi connectivity index (χ0n) is 16.2. The van der Waals surface area contributed by atoms with Gasteiger partial charge in [-0.25, -0.2) is 0 Å². The van der Waals surface area contributed by atoms with E-state index in [1.807, 2.05) is 29.3 Å². The van der Waals surface area contributed by atoms with E-state index in [0.717, 1.165) is 10.5 Å². The zero-order valence-corrected chi connectivity index (χ0v) is 17.8. The summed E-state index contributed by atoms with van der Waals surface area (Å²) in [5, 5.41) is 8.30. The molecule has 1 aromatic rings. The molecule has 1 aliphatic carbocycles. The number of Topliss-reactive ketones (excluding diaryl/α,β-unsaturated/α-hetero) is 2. The summed E-state index contributed by atoms with van der Waals surface area (Å²) in [6.07, 6.45) is 7.35. The highest BCUT2D eigenvalue weighted by molar-refractivity contribution is 8.13. The van der Waals surface area contributed by atoms with E-state index in [0.29, 0.717) is 17.2 Å². The number of thioether (sulfide) groups is 2. The van der Waals surface area contributed by atoms with Gasteiger partial charge in [0, 0.05) is 23.2 Å². The molecule has 0 aromatic heterocycles. The smallest absolute Gasteiger partial charge is 0.315 e. The number of allylic oxidation sites excluding steroid dienone is 2. The third kappa shape index (κ3) is 5.00. The molecule has 0 bridgehead atoms. The standard InChI is InChI=1S/C21H22N2O4S2/c1-27-19(25)12-29-15-6-3-13(4-7-15)18(24)11-23-9-14-5-8-16(21(22)28-2)20(26)17(14)10-23/h3-9,16-17,22H,10-12H2,1-2H3. The molecule has 1 aromatic carbocycles. The lowest BCUT2D eigenvalue weighted by atomic mass is 9.84. The van der Waals surface area contributed by atoms with E-state index in [4.69, 9.17) is 5.41 Å². The van der Waals surface area contributed by atoms with Gasteiger partial charge in [0.05, 0.1) is 36.3 Å². The van der Waals surface area contributed by atoms with Gasteiger partial charge in [0.25, 0.3) is 0 Å². The Morgan fingerprint density at radius 2 is 2.00 bits per heavy atom. The van der Waals surface area contributed by atoms with Crippen molar-refractivity contribution in [3.8, 4) is 0 Å². The number of carbonyl (C=O) groups excluding carboxylic acids is 3. The van der Waals surface area contributed by atoms with Crippen molar-refractivity contribution in [1.29, 1.82) is 5.41 Å². The fraction of sp³-hybridized carbons (Fsp3) is 0.333. The van der Waals surface area contributed by atoms with Crippen LogP contribution in [-0.4, -0.2) is 59.7 Å². The van der Waals surface area contributed by atoms with Gasteiger partial charge in [-0.15, -0.1) is 23.5 Å². The highest BCUT2D eigenvalue weighted by Crippen LogP contribution is 2.32. The molecule has 1 N–H and O–H groups in total. The maximum absolute atomic E-state index is 12.7. The predicted molar refractivity (Wildman–Crippen MR) is 116 cm³/mol. The minimum absolute atomic E-state index is 0.0278. The molecule has 1 aliphatic heterocycles. The van der Waals surface area contributed by atoms with E-state index < -0.39 is 5.92 Å².